The van der Waals surface area contributed by atoms with Crippen molar-refractivity contribution in [3.8, 4) is 0 Å². The molecule has 0 saturated carbocycles. The Morgan fingerprint density at radius 2 is 1.37 bits per heavy atom. The fourth-order valence-corrected chi connectivity index (χ4v) is 6.71. The second kappa shape index (κ2) is 8.29. The highest BCUT2D eigenvalue weighted by atomic mass is 32.2. The van der Waals surface area contributed by atoms with Gasteiger partial charge in [-0.3, -0.25) is 4.72 Å². The van der Waals surface area contributed by atoms with Gasteiger partial charge in [0, 0.05) is 19.3 Å². The van der Waals surface area contributed by atoms with E-state index in [-0.39, 0.29) is 20.4 Å². The minimum absolute atomic E-state index is 0.00620. The smallest absolute Gasteiger partial charge is 0.261 e. The van der Waals surface area contributed by atoms with Gasteiger partial charge in [0.2, 0.25) is 10.0 Å². The van der Waals surface area contributed by atoms with Crippen molar-refractivity contribution in [3.05, 3.63) is 48.0 Å². The summed E-state index contributed by atoms with van der Waals surface area (Å²) in [6.07, 6.45) is 3.62. The second-order valence-corrected chi connectivity index (χ2v) is 12.9. The monoisotopic (exact) mass is 472 g/mol. The van der Waals surface area contributed by atoms with Crippen molar-refractivity contribution in [2.45, 2.75) is 40.9 Å². The fourth-order valence-electron chi connectivity index (χ4n) is 3.27. The maximum atomic E-state index is 13.0. The number of sulfonamides is 2. The molecule has 164 valence electrons. The summed E-state index contributed by atoms with van der Waals surface area (Å²) in [5.74, 6) is 0. The maximum absolute atomic E-state index is 13.0. The van der Waals surface area contributed by atoms with Crippen LogP contribution in [0.15, 0.2) is 57.2 Å². The van der Waals surface area contributed by atoms with E-state index in [9.17, 15) is 25.3 Å². The van der Waals surface area contributed by atoms with E-state index in [4.69, 9.17) is 0 Å². The van der Waals surface area contributed by atoms with Gasteiger partial charge in [0.25, 0.3) is 10.0 Å². The number of nitrogens with one attached hydrogen (secondary N) is 1. The maximum Gasteiger partial charge on any atom is 0.261 e. The van der Waals surface area contributed by atoms with Crippen molar-refractivity contribution in [3.63, 3.8) is 0 Å². The molecule has 0 amide bonds. The third-order valence-corrected chi connectivity index (χ3v) is 9.50. The minimum Gasteiger partial charge on any atom is -0.280 e. The molecule has 0 aromatic heterocycles. The van der Waals surface area contributed by atoms with Gasteiger partial charge in [0.1, 0.15) is 0 Å². The van der Waals surface area contributed by atoms with Crippen LogP contribution < -0.4 is 4.72 Å². The topological polar surface area (TPSA) is 118 Å². The van der Waals surface area contributed by atoms with Gasteiger partial charge in [0.05, 0.1) is 20.4 Å². The molecule has 2 aromatic rings. The molecule has 1 heterocycles. The van der Waals surface area contributed by atoms with Crippen LogP contribution in [0.5, 0.6) is 0 Å². The number of hydrogen-bond donors (Lipinski definition) is 1. The lowest BCUT2D eigenvalue weighted by Crippen LogP contribution is -2.36. The largest absolute Gasteiger partial charge is 0.280 e. The SMILES string of the molecule is Cc1ccc(NS(=O)(=O)c2ccc(S(C)(=O)=O)cc2)cc1S(=O)(=O)N1CCCCC1. The molecule has 0 unspecified atom stereocenters. The van der Waals surface area contributed by atoms with E-state index in [0.29, 0.717) is 18.7 Å². The number of sulfone groups is 1. The zero-order valence-corrected chi connectivity index (χ0v) is 19.1. The summed E-state index contributed by atoms with van der Waals surface area (Å²) in [6, 6.07) is 9.18. The molecule has 1 saturated heterocycles. The standard InChI is InChI=1S/C19H24N2O6S3/c1-15-6-7-16(14-19(15)30(26,27)21-12-4-3-5-13-21)20-29(24,25)18-10-8-17(9-11-18)28(2,22)23/h6-11,14,20H,3-5,12-13H2,1-2H3. The van der Waals surface area contributed by atoms with E-state index in [1.807, 2.05) is 0 Å². The summed E-state index contributed by atoms with van der Waals surface area (Å²) >= 11 is 0. The Kier molecular flexibility index (Phi) is 6.28. The van der Waals surface area contributed by atoms with E-state index in [0.717, 1.165) is 25.5 Å². The molecule has 0 spiro atoms. The Morgan fingerprint density at radius 3 is 1.93 bits per heavy atom. The second-order valence-electron chi connectivity index (χ2n) is 7.29. The number of nitrogens with zero attached hydrogens (tertiary/aromatic N) is 1. The molecule has 30 heavy (non-hydrogen) atoms. The van der Waals surface area contributed by atoms with Gasteiger partial charge in [0.15, 0.2) is 9.84 Å². The molecule has 0 atom stereocenters. The highest BCUT2D eigenvalue weighted by Crippen LogP contribution is 2.27. The lowest BCUT2D eigenvalue weighted by Gasteiger charge is -2.26. The average Bonchev–Trinajstić information content (AvgIpc) is 2.69. The Morgan fingerprint density at radius 1 is 0.800 bits per heavy atom. The van der Waals surface area contributed by atoms with E-state index >= 15 is 0 Å². The van der Waals surface area contributed by atoms with Crippen molar-refractivity contribution in [1.82, 2.24) is 4.31 Å². The van der Waals surface area contributed by atoms with Crippen LogP contribution in [0, 0.1) is 6.92 Å². The van der Waals surface area contributed by atoms with Gasteiger partial charge in [-0.25, -0.2) is 25.3 Å². The highest BCUT2D eigenvalue weighted by Gasteiger charge is 2.28. The quantitative estimate of drug-likeness (QED) is 0.690. The van der Waals surface area contributed by atoms with Crippen molar-refractivity contribution in [1.29, 1.82) is 0 Å². The number of aryl methyl sites for hydroxylation is 1. The first-order chi connectivity index (χ1) is 13.9. The van der Waals surface area contributed by atoms with E-state index in [2.05, 4.69) is 4.72 Å². The number of rotatable bonds is 6. The normalized spacial score (nSPS) is 16.3. The summed E-state index contributed by atoms with van der Waals surface area (Å²) < 4.78 is 78.3. The van der Waals surface area contributed by atoms with Gasteiger partial charge in [-0.05, 0) is 61.7 Å². The lowest BCUT2D eigenvalue weighted by atomic mass is 10.2. The van der Waals surface area contributed by atoms with Gasteiger partial charge in [-0.15, -0.1) is 0 Å². The zero-order chi connectivity index (χ0) is 22.2. The Balaban J connectivity index is 1.91. The summed E-state index contributed by atoms with van der Waals surface area (Å²) in [5, 5.41) is 0. The number of hydrogen-bond acceptors (Lipinski definition) is 6. The molecule has 0 radical (unpaired) electrons. The average molecular weight is 473 g/mol. The summed E-state index contributed by atoms with van der Waals surface area (Å²) in [4.78, 5) is -0.0559. The van der Waals surface area contributed by atoms with Crippen LogP contribution in [0.4, 0.5) is 5.69 Å². The van der Waals surface area contributed by atoms with E-state index in [1.54, 1.807) is 13.0 Å². The predicted molar refractivity (Wildman–Crippen MR) is 114 cm³/mol. The van der Waals surface area contributed by atoms with Crippen LogP contribution in [0.3, 0.4) is 0 Å². The molecule has 1 aliphatic rings. The van der Waals surface area contributed by atoms with Gasteiger partial charge in [-0.2, -0.15) is 4.31 Å². The van der Waals surface area contributed by atoms with E-state index in [1.165, 1.54) is 40.7 Å². The highest BCUT2D eigenvalue weighted by molar-refractivity contribution is 7.93. The van der Waals surface area contributed by atoms with Gasteiger partial charge >= 0.3 is 0 Å². The molecule has 1 N–H and O–H groups in total. The molecule has 0 bridgehead atoms. The van der Waals surface area contributed by atoms with Gasteiger partial charge in [-0.1, -0.05) is 12.5 Å². The summed E-state index contributed by atoms with van der Waals surface area (Å²) in [7, 11) is -11.2. The van der Waals surface area contributed by atoms with Crippen molar-refractivity contribution in [2.24, 2.45) is 0 Å². The molecular weight excluding hydrogens is 448 g/mol. The molecule has 11 heteroatoms. The molecule has 1 fully saturated rings. The van der Waals surface area contributed by atoms with Crippen LogP contribution in [-0.2, 0) is 29.9 Å². The van der Waals surface area contributed by atoms with Crippen molar-refractivity contribution >= 4 is 35.6 Å². The summed E-state index contributed by atoms with van der Waals surface area (Å²) in [5.41, 5.74) is 0.643. The lowest BCUT2D eigenvalue weighted by molar-refractivity contribution is 0.346. The van der Waals surface area contributed by atoms with Crippen LogP contribution >= 0.6 is 0 Å². The predicted octanol–water partition coefficient (Wildman–Crippen LogP) is 2.37. The number of benzene rings is 2. The first-order valence-corrected chi connectivity index (χ1v) is 14.2. The molecule has 0 aliphatic carbocycles. The molecule has 8 nitrogen and oxygen atoms in total. The Labute approximate surface area is 177 Å². The zero-order valence-electron chi connectivity index (χ0n) is 16.7. The van der Waals surface area contributed by atoms with Crippen LogP contribution in [0.1, 0.15) is 24.8 Å². The number of anilines is 1. The number of piperidine rings is 1. The molecule has 3 rings (SSSR count). The Hall–Kier alpha value is -1.95. The Bertz CT molecular complexity index is 1250. The first kappa shape index (κ1) is 22.7. The fraction of sp³-hybridized carbons (Fsp3) is 0.368. The van der Waals surface area contributed by atoms with Crippen LogP contribution in [0.2, 0.25) is 0 Å². The minimum atomic E-state index is -4.03. The molecule has 1 aliphatic heterocycles. The van der Waals surface area contributed by atoms with Crippen molar-refractivity contribution < 1.29 is 25.3 Å². The first-order valence-electron chi connectivity index (χ1n) is 9.35. The van der Waals surface area contributed by atoms with Gasteiger partial charge < -0.3 is 0 Å². The van der Waals surface area contributed by atoms with E-state index < -0.39 is 29.9 Å². The summed E-state index contributed by atoms with van der Waals surface area (Å²) in [6.45, 7) is 2.56. The molecule has 2 aromatic carbocycles. The van der Waals surface area contributed by atoms with Crippen LogP contribution in [-0.4, -0.2) is 48.9 Å². The van der Waals surface area contributed by atoms with Crippen molar-refractivity contribution in [2.75, 3.05) is 24.1 Å². The third kappa shape index (κ3) is 4.85. The molecular formula is C19H24N2O6S3. The van der Waals surface area contributed by atoms with Crippen LogP contribution in [0.25, 0.3) is 0 Å². The third-order valence-electron chi connectivity index (χ3n) is 4.94.